The first kappa shape index (κ1) is 17.9. The average molecular weight is 347 g/mol. The molecule has 1 aliphatic heterocycles. The van der Waals surface area contributed by atoms with Crippen LogP contribution in [0.5, 0.6) is 0 Å². The topological polar surface area (TPSA) is 84.5 Å². The lowest BCUT2D eigenvalue weighted by Crippen LogP contribution is -2.54. The third kappa shape index (κ3) is 3.56. The fraction of sp³-hybridized carbons (Fsp3) is 0.722. The van der Waals surface area contributed by atoms with Crippen molar-refractivity contribution in [1.29, 1.82) is 0 Å². The van der Waals surface area contributed by atoms with E-state index < -0.39 is 0 Å². The van der Waals surface area contributed by atoms with E-state index in [0.717, 1.165) is 30.5 Å². The van der Waals surface area contributed by atoms with E-state index in [1.165, 1.54) is 0 Å². The normalized spacial score (nSPS) is 21.2. The van der Waals surface area contributed by atoms with Crippen LogP contribution in [0.25, 0.3) is 0 Å². The molecule has 0 bridgehead atoms. The van der Waals surface area contributed by atoms with Gasteiger partial charge in [-0.25, -0.2) is 0 Å². The molecule has 2 fully saturated rings. The van der Waals surface area contributed by atoms with Crippen LogP contribution in [-0.2, 0) is 4.79 Å². The Morgan fingerprint density at radius 1 is 1.24 bits per heavy atom. The van der Waals surface area contributed by atoms with Gasteiger partial charge < -0.3 is 10.6 Å². The molecule has 1 aliphatic carbocycles. The highest BCUT2D eigenvalue weighted by Crippen LogP contribution is 2.43. The predicted molar refractivity (Wildman–Crippen MR) is 95.3 cm³/mol. The summed E-state index contributed by atoms with van der Waals surface area (Å²) in [7, 11) is 0. The smallest absolute Gasteiger partial charge is 0.257 e. The number of primary amides is 1. The molecule has 25 heavy (non-hydrogen) atoms. The third-order valence-corrected chi connectivity index (χ3v) is 5.60. The summed E-state index contributed by atoms with van der Waals surface area (Å²) in [5.74, 6) is 0.236. The van der Waals surface area contributed by atoms with Crippen LogP contribution in [0.4, 0.5) is 0 Å². The van der Waals surface area contributed by atoms with E-state index in [2.05, 4.69) is 23.6 Å². The van der Waals surface area contributed by atoms with Gasteiger partial charge in [0.05, 0.1) is 23.5 Å². The molecule has 0 unspecified atom stereocenters. The number of hydrogen-bond acceptors (Lipinski definition) is 4. The number of rotatable bonds is 6. The zero-order chi connectivity index (χ0) is 18.1. The summed E-state index contributed by atoms with van der Waals surface area (Å²) in [6.07, 6.45) is 5.04. The summed E-state index contributed by atoms with van der Waals surface area (Å²) in [6.45, 7) is 8.70. The first-order chi connectivity index (χ1) is 11.9. The molecular formula is C18H29N5O2. The van der Waals surface area contributed by atoms with E-state index in [1.54, 1.807) is 6.20 Å². The SMILES string of the molecule is CC[C@H](C)n1ncc(C(=O)N2CCN([C@@H](C)C(N)=O)CC2)c1C1CC1. The molecule has 138 valence electrons. The van der Waals surface area contributed by atoms with Crippen LogP contribution in [0, 0.1) is 0 Å². The van der Waals surface area contributed by atoms with Gasteiger partial charge in [0.1, 0.15) is 0 Å². The number of nitrogens with zero attached hydrogens (tertiary/aromatic N) is 4. The minimum absolute atomic E-state index is 0.0721. The maximum absolute atomic E-state index is 13.0. The number of amides is 2. The van der Waals surface area contributed by atoms with Gasteiger partial charge in [-0.1, -0.05) is 6.92 Å². The van der Waals surface area contributed by atoms with Crippen molar-refractivity contribution in [3.05, 3.63) is 17.5 Å². The highest BCUT2D eigenvalue weighted by molar-refractivity contribution is 5.95. The zero-order valence-electron chi connectivity index (χ0n) is 15.4. The summed E-state index contributed by atoms with van der Waals surface area (Å²) in [5, 5.41) is 4.53. The molecule has 0 radical (unpaired) electrons. The van der Waals surface area contributed by atoms with Crippen LogP contribution < -0.4 is 5.73 Å². The first-order valence-electron chi connectivity index (χ1n) is 9.34. The molecule has 7 heteroatoms. The summed E-state index contributed by atoms with van der Waals surface area (Å²) in [6, 6.07) is 0.0258. The van der Waals surface area contributed by atoms with E-state index in [4.69, 9.17) is 5.73 Å². The van der Waals surface area contributed by atoms with Crippen molar-refractivity contribution >= 4 is 11.8 Å². The average Bonchev–Trinajstić information content (AvgIpc) is 3.37. The largest absolute Gasteiger partial charge is 0.368 e. The number of hydrogen-bond donors (Lipinski definition) is 1. The van der Waals surface area contributed by atoms with Crippen LogP contribution in [-0.4, -0.2) is 63.6 Å². The van der Waals surface area contributed by atoms with Gasteiger partial charge in [0, 0.05) is 38.1 Å². The van der Waals surface area contributed by atoms with Crippen molar-refractivity contribution in [3.8, 4) is 0 Å². The monoisotopic (exact) mass is 347 g/mol. The second-order valence-electron chi connectivity index (χ2n) is 7.33. The van der Waals surface area contributed by atoms with E-state index in [9.17, 15) is 9.59 Å². The van der Waals surface area contributed by atoms with Crippen LogP contribution in [0.1, 0.15) is 68.0 Å². The summed E-state index contributed by atoms with van der Waals surface area (Å²) >= 11 is 0. The zero-order valence-corrected chi connectivity index (χ0v) is 15.4. The van der Waals surface area contributed by atoms with Gasteiger partial charge in [0.15, 0.2) is 0 Å². The summed E-state index contributed by atoms with van der Waals surface area (Å²) < 4.78 is 2.05. The van der Waals surface area contributed by atoms with E-state index in [-0.39, 0.29) is 17.9 Å². The first-order valence-corrected chi connectivity index (χ1v) is 9.34. The quantitative estimate of drug-likeness (QED) is 0.842. The minimum Gasteiger partial charge on any atom is -0.368 e. The van der Waals surface area contributed by atoms with Gasteiger partial charge in [0.25, 0.3) is 5.91 Å². The molecule has 0 spiro atoms. The Morgan fingerprint density at radius 2 is 1.88 bits per heavy atom. The van der Waals surface area contributed by atoms with E-state index in [0.29, 0.717) is 38.1 Å². The highest BCUT2D eigenvalue weighted by Gasteiger charge is 2.35. The number of piperazine rings is 1. The van der Waals surface area contributed by atoms with Crippen molar-refractivity contribution in [2.24, 2.45) is 5.73 Å². The van der Waals surface area contributed by atoms with Crippen molar-refractivity contribution in [1.82, 2.24) is 19.6 Å². The Labute approximate surface area is 149 Å². The van der Waals surface area contributed by atoms with Gasteiger partial charge in [-0.2, -0.15) is 5.10 Å². The van der Waals surface area contributed by atoms with Crippen LogP contribution >= 0.6 is 0 Å². The molecule has 2 aliphatic rings. The van der Waals surface area contributed by atoms with Crippen molar-refractivity contribution < 1.29 is 9.59 Å². The molecule has 0 aromatic carbocycles. The number of carbonyl (C=O) groups is 2. The Kier molecular flexibility index (Phi) is 5.13. The molecular weight excluding hydrogens is 318 g/mol. The molecule has 2 N–H and O–H groups in total. The Bertz CT molecular complexity index is 644. The maximum atomic E-state index is 13.0. The molecule has 2 atom stereocenters. The van der Waals surface area contributed by atoms with Gasteiger partial charge in [-0.15, -0.1) is 0 Å². The Morgan fingerprint density at radius 3 is 2.40 bits per heavy atom. The molecule has 7 nitrogen and oxygen atoms in total. The second kappa shape index (κ2) is 7.15. The Balaban J connectivity index is 1.72. The number of nitrogens with two attached hydrogens (primary N) is 1. The van der Waals surface area contributed by atoms with Gasteiger partial charge in [-0.3, -0.25) is 19.2 Å². The van der Waals surface area contributed by atoms with Crippen molar-refractivity contribution in [3.63, 3.8) is 0 Å². The van der Waals surface area contributed by atoms with Crippen LogP contribution in [0.3, 0.4) is 0 Å². The number of aromatic nitrogens is 2. The molecule has 3 rings (SSSR count). The summed E-state index contributed by atoms with van der Waals surface area (Å²) in [4.78, 5) is 28.3. The lowest BCUT2D eigenvalue weighted by atomic mass is 10.1. The molecule has 1 aromatic rings. The third-order valence-electron chi connectivity index (χ3n) is 5.60. The molecule has 2 amide bonds. The van der Waals surface area contributed by atoms with Gasteiger partial charge in [0.2, 0.25) is 5.91 Å². The van der Waals surface area contributed by atoms with Crippen molar-refractivity contribution in [2.45, 2.75) is 58.0 Å². The van der Waals surface area contributed by atoms with Gasteiger partial charge in [-0.05, 0) is 33.1 Å². The van der Waals surface area contributed by atoms with Crippen LogP contribution in [0.15, 0.2) is 6.20 Å². The second-order valence-corrected chi connectivity index (χ2v) is 7.33. The predicted octanol–water partition coefficient (Wildman–Crippen LogP) is 1.36. The molecule has 1 aromatic heterocycles. The molecule has 1 saturated heterocycles. The molecule has 2 heterocycles. The highest BCUT2D eigenvalue weighted by atomic mass is 16.2. The lowest BCUT2D eigenvalue weighted by Gasteiger charge is -2.37. The lowest BCUT2D eigenvalue weighted by molar-refractivity contribution is -0.123. The maximum Gasteiger partial charge on any atom is 0.257 e. The summed E-state index contributed by atoms with van der Waals surface area (Å²) in [5.41, 5.74) is 7.27. The fourth-order valence-electron chi connectivity index (χ4n) is 3.49. The number of carbonyl (C=O) groups excluding carboxylic acids is 2. The minimum atomic E-state index is -0.314. The fourth-order valence-corrected chi connectivity index (χ4v) is 3.49. The van der Waals surface area contributed by atoms with Crippen LogP contribution in [0.2, 0.25) is 0 Å². The standard InChI is InChI=1S/C18H29N5O2/c1-4-12(2)23-16(14-5-6-14)15(11-20-23)18(25)22-9-7-21(8-10-22)13(3)17(19)24/h11-14H,4-10H2,1-3H3,(H2,19,24)/t12-,13-/m0/s1. The Hall–Kier alpha value is -1.89. The van der Waals surface area contributed by atoms with E-state index in [1.807, 2.05) is 16.7 Å². The van der Waals surface area contributed by atoms with E-state index >= 15 is 0 Å². The van der Waals surface area contributed by atoms with Crippen molar-refractivity contribution in [2.75, 3.05) is 26.2 Å². The van der Waals surface area contributed by atoms with Gasteiger partial charge >= 0.3 is 0 Å². The molecule has 1 saturated carbocycles.